The summed E-state index contributed by atoms with van der Waals surface area (Å²) in [5, 5.41) is 12.8. The molecular formula is C24H27F2N5O2. The van der Waals surface area contributed by atoms with Gasteiger partial charge in [0.1, 0.15) is 6.61 Å². The van der Waals surface area contributed by atoms with Gasteiger partial charge in [0.2, 0.25) is 0 Å². The quantitative estimate of drug-likeness (QED) is 0.572. The maximum atomic E-state index is 14.3. The molecule has 3 aromatic rings. The first-order chi connectivity index (χ1) is 15.9. The Bertz CT molecular complexity index is 1170. The van der Waals surface area contributed by atoms with Crippen LogP contribution in [0.2, 0.25) is 0 Å². The third-order valence-electron chi connectivity index (χ3n) is 6.49. The highest BCUT2D eigenvalue weighted by Gasteiger charge is 2.39. The van der Waals surface area contributed by atoms with Crippen LogP contribution in [0.4, 0.5) is 20.3 Å². The monoisotopic (exact) mass is 455 g/mol. The van der Waals surface area contributed by atoms with Gasteiger partial charge in [-0.05, 0) is 38.0 Å². The van der Waals surface area contributed by atoms with Crippen LogP contribution in [0.15, 0.2) is 36.5 Å². The van der Waals surface area contributed by atoms with E-state index in [1.165, 1.54) is 19.2 Å². The van der Waals surface area contributed by atoms with Crippen molar-refractivity contribution in [2.75, 3.05) is 37.1 Å². The van der Waals surface area contributed by atoms with E-state index in [1.807, 2.05) is 26.1 Å². The highest BCUT2D eigenvalue weighted by atomic mass is 19.3. The second-order valence-corrected chi connectivity index (χ2v) is 8.85. The van der Waals surface area contributed by atoms with Gasteiger partial charge in [0.15, 0.2) is 5.82 Å². The molecule has 33 heavy (non-hydrogen) atoms. The number of rotatable bonds is 7. The topological polar surface area (TPSA) is 72.4 Å². The van der Waals surface area contributed by atoms with Gasteiger partial charge in [-0.25, -0.2) is 0 Å². The molecule has 2 aromatic heterocycles. The molecule has 1 N–H and O–H groups in total. The fourth-order valence-corrected chi connectivity index (χ4v) is 4.72. The van der Waals surface area contributed by atoms with Crippen LogP contribution >= 0.6 is 0 Å². The molecule has 1 aromatic carbocycles. The van der Waals surface area contributed by atoms with E-state index < -0.39 is 12.5 Å². The third-order valence-corrected chi connectivity index (χ3v) is 6.49. The lowest BCUT2D eigenvalue weighted by molar-refractivity contribution is -0.0698. The number of methoxy groups -OCH3 is 1. The smallest absolute Gasteiger partial charge is 0.296 e. The maximum absolute atomic E-state index is 14.3. The minimum absolute atomic E-state index is 0.0781. The van der Waals surface area contributed by atoms with Gasteiger partial charge in [0.05, 0.1) is 47.9 Å². The molecule has 2 aliphatic rings. The average Bonchev–Trinajstić information content (AvgIpc) is 3.45. The van der Waals surface area contributed by atoms with Crippen LogP contribution in [-0.2, 0) is 15.4 Å². The molecule has 5 rings (SSSR count). The minimum atomic E-state index is -3.06. The van der Waals surface area contributed by atoms with Gasteiger partial charge >= 0.3 is 0 Å². The van der Waals surface area contributed by atoms with Crippen LogP contribution in [0.25, 0.3) is 10.9 Å². The van der Waals surface area contributed by atoms with Crippen LogP contribution in [0.5, 0.6) is 0 Å². The number of anilines is 2. The molecule has 7 nitrogen and oxygen atoms in total. The van der Waals surface area contributed by atoms with Gasteiger partial charge in [-0.3, -0.25) is 4.98 Å². The van der Waals surface area contributed by atoms with Crippen LogP contribution in [-0.4, -0.2) is 54.2 Å². The first-order valence-corrected chi connectivity index (χ1v) is 11.1. The molecule has 2 unspecified atom stereocenters. The van der Waals surface area contributed by atoms with E-state index >= 15 is 0 Å². The lowest BCUT2D eigenvalue weighted by Gasteiger charge is -2.29. The highest BCUT2D eigenvalue weighted by molar-refractivity contribution is 5.92. The summed E-state index contributed by atoms with van der Waals surface area (Å²) in [4.78, 5) is 7.02. The molecule has 0 spiro atoms. The van der Waals surface area contributed by atoms with Gasteiger partial charge in [0.25, 0.3) is 5.92 Å². The first-order valence-electron chi connectivity index (χ1n) is 11.1. The lowest BCUT2D eigenvalue weighted by Crippen LogP contribution is -2.36. The van der Waals surface area contributed by atoms with Crippen molar-refractivity contribution >= 4 is 22.4 Å². The Balaban J connectivity index is 1.45. The number of ether oxygens (including phenoxy) is 2. The summed E-state index contributed by atoms with van der Waals surface area (Å²) in [6.45, 7) is 4.72. The van der Waals surface area contributed by atoms with Gasteiger partial charge in [-0.1, -0.05) is 18.2 Å². The molecule has 0 amide bonds. The number of hydrogen-bond donors (Lipinski definition) is 1. The van der Waals surface area contributed by atoms with E-state index in [2.05, 4.69) is 36.2 Å². The van der Waals surface area contributed by atoms with Gasteiger partial charge in [-0.15, -0.1) is 5.10 Å². The minimum Gasteiger partial charge on any atom is -0.378 e. The standard InChI is InChI=1S/C24H27F2N5O2/c1-14(16-5-4-6-17(7-16)24(25,26)13-32-3)28-23-21-9-18(10-27-22(21)15(2)29-30-23)31-11-20-8-19(31)12-33-20/h4-7,9-10,14,19-20H,8,11-13H2,1-3H3,(H,28,30)/t14-,19?,20?/m1/s1. The lowest BCUT2D eigenvalue weighted by atomic mass is 10.0. The molecule has 0 radical (unpaired) electrons. The number of aromatic nitrogens is 3. The van der Waals surface area contributed by atoms with Crippen molar-refractivity contribution in [3.05, 3.63) is 53.3 Å². The number of nitrogens with one attached hydrogen (secondary N) is 1. The number of nitrogens with zero attached hydrogens (tertiary/aromatic N) is 4. The number of hydrogen-bond acceptors (Lipinski definition) is 7. The number of halogens is 2. The van der Waals surface area contributed by atoms with Crippen molar-refractivity contribution in [3.63, 3.8) is 0 Å². The van der Waals surface area contributed by atoms with Gasteiger partial charge < -0.3 is 19.7 Å². The molecule has 9 heteroatoms. The second kappa shape index (κ2) is 8.46. The summed E-state index contributed by atoms with van der Waals surface area (Å²) in [5.74, 6) is -2.48. The predicted molar refractivity (Wildman–Crippen MR) is 122 cm³/mol. The molecule has 0 saturated carbocycles. The molecule has 2 saturated heterocycles. The summed E-state index contributed by atoms with van der Waals surface area (Å²) < 4.78 is 39.1. The molecule has 4 heterocycles. The van der Waals surface area contributed by atoms with E-state index in [9.17, 15) is 8.78 Å². The third kappa shape index (κ3) is 4.11. The summed E-state index contributed by atoms with van der Waals surface area (Å²) in [7, 11) is 1.27. The SMILES string of the molecule is COCC(F)(F)c1cccc([C@@H](C)Nc2nnc(C)c3ncc(N4CC5CC4CO5)cc23)c1. The van der Waals surface area contributed by atoms with Gasteiger partial charge in [-0.2, -0.15) is 13.9 Å². The summed E-state index contributed by atoms with van der Waals surface area (Å²) >= 11 is 0. The zero-order chi connectivity index (χ0) is 23.2. The largest absolute Gasteiger partial charge is 0.378 e. The normalized spacial score (nSPS) is 21.1. The molecule has 2 aliphatic heterocycles. The molecule has 3 atom stereocenters. The Morgan fingerprint density at radius 1 is 1.30 bits per heavy atom. The molecule has 2 fully saturated rings. The Morgan fingerprint density at radius 3 is 2.88 bits per heavy atom. The van der Waals surface area contributed by atoms with Crippen LogP contribution in [0, 0.1) is 6.92 Å². The van der Waals surface area contributed by atoms with Gasteiger partial charge in [0, 0.05) is 24.6 Å². The average molecular weight is 456 g/mol. The summed E-state index contributed by atoms with van der Waals surface area (Å²) in [5.41, 5.74) is 3.18. The Kier molecular flexibility index (Phi) is 5.62. The molecular weight excluding hydrogens is 428 g/mol. The van der Waals surface area contributed by atoms with Crippen molar-refractivity contribution in [2.45, 2.75) is 44.4 Å². The number of morpholine rings is 1. The Hall–Kier alpha value is -2.91. The zero-order valence-electron chi connectivity index (χ0n) is 18.9. The van der Waals surface area contributed by atoms with Crippen molar-refractivity contribution in [1.29, 1.82) is 0 Å². The van der Waals surface area contributed by atoms with E-state index in [0.717, 1.165) is 47.4 Å². The maximum Gasteiger partial charge on any atom is 0.296 e. The Morgan fingerprint density at radius 2 is 2.15 bits per heavy atom. The van der Waals surface area contributed by atoms with Crippen molar-refractivity contribution in [1.82, 2.24) is 15.2 Å². The number of benzene rings is 1. The van der Waals surface area contributed by atoms with Crippen molar-refractivity contribution in [3.8, 4) is 0 Å². The first kappa shape index (κ1) is 21.9. The van der Waals surface area contributed by atoms with E-state index in [-0.39, 0.29) is 17.7 Å². The van der Waals surface area contributed by atoms with Crippen LogP contribution in [0.1, 0.15) is 36.2 Å². The van der Waals surface area contributed by atoms with E-state index in [1.54, 1.807) is 6.07 Å². The molecule has 174 valence electrons. The van der Waals surface area contributed by atoms with Crippen molar-refractivity contribution in [2.24, 2.45) is 0 Å². The number of aryl methyl sites for hydroxylation is 1. The predicted octanol–water partition coefficient (Wildman–Crippen LogP) is 4.22. The summed E-state index contributed by atoms with van der Waals surface area (Å²) in [6, 6.07) is 8.56. The fraction of sp³-hybridized carbons (Fsp3) is 0.458. The number of alkyl halides is 2. The van der Waals surface area contributed by atoms with E-state index in [4.69, 9.17) is 4.74 Å². The highest BCUT2D eigenvalue weighted by Crippen LogP contribution is 2.35. The van der Waals surface area contributed by atoms with Crippen LogP contribution < -0.4 is 10.2 Å². The zero-order valence-corrected chi connectivity index (χ0v) is 18.9. The molecule has 0 aliphatic carbocycles. The molecule has 2 bridgehead atoms. The number of fused-ring (bicyclic) bond motifs is 3. The fourth-order valence-electron chi connectivity index (χ4n) is 4.72. The van der Waals surface area contributed by atoms with E-state index in [0.29, 0.717) is 11.9 Å². The number of pyridine rings is 1. The van der Waals surface area contributed by atoms with Crippen LogP contribution in [0.3, 0.4) is 0 Å². The second-order valence-electron chi connectivity index (χ2n) is 8.85. The summed E-state index contributed by atoms with van der Waals surface area (Å²) in [6.07, 6.45) is 3.20. The van der Waals surface area contributed by atoms with Crippen molar-refractivity contribution < 1.29 is 18.3 Å². The Labute approximate surface area is 191 Å².